The summed E-state index contributed by atoms with van der Waals surface area (Å²) in [7, 11) is 1.68. The zero-order valence-corrected chi connectivity index (χ0v) is 18.1. The van der Waals surface area contributed by atoms with Crippen LogP contribution in [-0.4, -0.2) is 37.7 Å². The van der Waals surface area contributed by atoms with Gasteiger partial charge >= 0.3 is 6.03 Å². The van der Waals surface area contributed by atoms with E-state index in [4.69, 9.17) is 4.74 Å². The maximum atomic E-state index is 12.6. The second-order valence-corrected chi connectivity index (χ2v) is 8.20. The van der Waals surface area contributed by atoms with Crippen molar-refractivity contribution in [2.75, 3.05) is 26.7 Å². The molecule has 3 aromatic carbocycles. The number of hydrogen-bond donors (Lipinski definition) is 1. The number of methoxy groups -OCH3 is 1. The largest absolute Gasteiger partial charge is 0.497 e. The van der Waals surface area contributed by atoms with Crippen LogP contribution in [0.5, 0.6) is 5.75 Å². The summed E-state index contributed by atoms with van der Waals surface area (Å²) in [4.78, 5) is 14.5. The normalized spacial score (nSPS) is 15.6. The Morgan fingerprint density at radius 2 is 1.61 bits per heavy atom. The Labute approximate surface area is 184 Å². The molecule has 1 heterocycles. The number of nitrogens with zero attached hydrogens (tertiary/aromatic N) is 1. The molecule has 1 unspecified atom stereocenters. The van der Waals surface area contributed by atoms with E-state index < -0.39 is 0 Å². The molecule has 1 N–H and O–H groups in total. The van der Waals surface area contributed by atoms with E-state index in [1.807, 2.05) is 23.1 Å². The van der Waals surface area contributed by atoms with Gasteiger partial charge < -0.3 is 15.0 Å². The Hall–Kier alpha value is -3.27. The zero-order chi connectivity index (χ0) is 21.5. The van der Waals surface area contributed by atoms with Gasteiger partial charge in [-0.05, 0) is 59.6 Å². The lowest BCUT2D eigenvalue weighted by Crippen LogP contribution is -2.39. The Bertz CT molecular complexity index is 968. The average Bonchev–Trinajstić information content (AvgIpc) is 3.29. The summed E-state index contributed by atoms with van der Waals surface area (Å²) in [6.07, 6.45) is 2.89. The Balaban J connectivity index is 1.20. The third-order valence-electron chi connectivity index (χ3n) is 6.01. The molecule has 0 saturated carbocycles. The summed E-state index contributed by atoms with van der Waals surface area (Å²) >= 11 is 0. The molecule has 0 aromatic heterocycles. The number of rotatable bonds is 7. The van der Waals surface area contributed by atoms with Crippen LogP contribution in [0.3, 0.4) is 0 Å². The Kier molecular flexibility index (Phi) is 6.88. The van der Waals surface area contributed by atoms with Crippen LogP contribution in [0, 0.1) is 5.92 Å². The number of ether oxygens (including phenoxy) is 1. The van der Waals surface area contributed by atoms with Gasteiger partial charge in [-0.2, -0.15) is 0 Å². The number of carbonyl (C=O) groups is 1. The highest BCUT2D eigenvalue weighted by Crippen LogP contribution is 2.22. The van der Waals surface area contributed by atoms with E-state index in [0.29, 0.717) is 12.5 Å². The zero-order valence-electron chi connectivity index (χ0n) is 18.1. The highest BCUT2D eigenvalue weighted by atomic mass is 16.5. The summed E-state index contributed by atoms with van der Waals surface area (Å²) in [6.45, 7) is 2.31. The topological polar surface area (TPSA) is 41.6 Å². The van der Waals surface area contributed by atoms with Gasteiger partial charge in [0.1, 0.15) is 5.75 Å². The van der Waals surface area contributed by atoms with E-state index in [-0.39, 0.29) is 6.03 Å². The van der Waals surface area contributed by atoms with Crippen molar-refractivity contribution in [3.63, 3.8) is 0 Å². The highest BCUT2D eigenvalue weighted by Gasteiger charge is 2.26. The van der Waals surface area contributed by atoms with Crippen molar-refractivity contribution in [3.8, 4) is 16.9 Å². The third kappa shape index (κ3) is 5.66. The van der Waals surface area contributed by atoms with Gasteiger partial charge in [0.15, 0.2) is 0 Å². The minimum absolute atomic E-state index is 0.0538. The van der Waals surface area contributed by atoms with Gasteiger partial charge in [-0.25, -0.2) is 4.79 Å². The summed E-state index contributed by atoms with van der Waals surface area (Å²) in [5.74, 6) is 1.40. The summed E-state index contributed by atoms with van der Waals surface area (Å²) < 4.78 is 5.22. The first-order chi connectivity index (χ1) is 15.2. The van der Waals surface area contributed by atoms with Gasteiger partial charge in [0.05, 0.1) is 7.11 Å². The molecule has 1 saturated heterocycles. The second kappa shape index (κ2) is 10.2. The van der Waals surface area contributed by atoms with Crippen LogP contribution in [0.15, 0.2) is 78.9 Å². The standard InChI is InChI=1S/C27H30N2O2/c1-31-26-13-9-22(10-14-26)19-23-16-18-29(20-23)27(30)28-17-15-21-7-11-25(12-8-21)24-5-3-2-4-6-24/h2-14,23H,15-20H2,1H3,(H,28,30). The monoisotopic (exact) mass is 414 g/mol. The van der Waals surface area contributed by atoms with E-state index >= 15 is 0 Å². The lowest BCUT2D eigenvalue weighted by molar-refractivity contribution is 0.207. The number of hydrogen-bond acceptors (Lipinski definition) is 2. The van der Waals surface area contributed by atoms with Crippen molar-refractivity contribution < 1.29 is 9.53 Å². The Morgan fingerprint density at radius 3 is 2.32 bits per heavy atom. The molecule has 0 aliphatic carbocycles. The lowest BCUT2D eigenvalue weighted by Gasteiger charge is -2.17. The fourth-order valence-corrected chi connectivity index (χ4v) is 4.20. The molecular weight excluding hydrogens is 384 g/mol. The molecule has 1 atom stereocenters. The van der Waals surface area contributed by atoms with Crippen LogP contribution < -0.4 is 10.1 Å². The first-order valence-electron chi connectivity index (χ1n) is 11.0. The molecule has 4 nitrogen and oxygen atoms in total. The Morgan fingerprint density at radius 1 is 0.935 bits per heavy atom. The van der Waals surface area contributed by atoms with Crippen LogP contribution in [-0.2, 0) is 12.8 Å². The molecule has 160 valence electrons. The molecule has 31 heavy (non-hydrogen) atoms. The fraction of sp³-hybridized carbons (Fsp3) is 0.296. The molecule has 4 heteroatoms. The van der Waals surface area contributed by atoms with Gasteiger partial charge in [0.25, 0.3) is 0 Å². The predicted molar refractivity (Wildman–Crippen MR) is 125 cm³/mol. The van der Waals surface area contributed by atoms with Crippen molar-refractivity contribution in [3.05, 3.63) is 90.0 Å². The number of urea groups is 1. The number of benzene rings is 3. The third-order valence-corrected chi connectivity index (χ3v) is 6.01. The van der Waals surface area contributed by atoms with Gasteiger partial charge in [0, 0.05) is 19.6 Å². The lowest BCUT2D eigenvalue weighted by atomic mass is 9.99. The van der Waals surface area contributed by atoms with Crippen molar-refractivity contribution >= 4 is 6.03 Å². The molecule has 0 spiro atoms. The smallest absolute Gasteiger partial charge is 0.317 e. The highest BCUT2D eigenvalue weighted by molar-refractivity contribution is 5.74. The maximum absolute atomic E-state index is 12.6. The van der Waals surface area contributed by atoms with E-state index in [1.165, 1.54) is 22.3 Å². The van der Waals surface area contributed by atoms with Crippen LogP contribution in [0.25, 0.3) is 11.1 Å². The van der Waals surface area contributed by atoms with Crippen molar-refractivity contribution in [2.45, 2.75) is 19.3 Å². The minimum atomic E-state index is 0.0538. The molecule has 0 radical (unpaired) electrons. The van der Waals surface area contributed by atoms with Crippen LogP contribution in [0.2, 0.25) is 0 Å². The summed E-state index contributed by atoms with van der Waals surface area (Å²) in [5.41, 5.74) is 4.97. The van der Waals surface area contributed by atoms with Crippen molar-refractivity contribution in [1.29, 1.82) is 0 Å². The quantitative estimate of drug-likeness (QED) is 0.579. The van der Waals surface area contributed by atoms with Crippen LogP contribution in [0.1, 0.15) is 17.5 Å². The molecule has 1 fully saturated rings. The van der Waals surface area contributed by atoms with E-state index in [2.05, 4.69) is 66.0 Å². The van der Waals surface area contributed by atoms with Gasteiger partial charge in [0.2, 0.25) is 0 Å². The number of carbonyl (C=O) groups excluding carboxylic acids is 1. The summed E-state index contributed by atoms with van der Waals surface area (Å²) in [5, 5.41) is 3.09. The SMILES string of the molecule is COc1ccc(CC2CCN(C(=O)NCCc3ccc(-c4ccccc4)cc3)C2)cc1. The van der Waals surface area contributed by atoms with Gasteiger partial charge in [-0.1, -0.05) is 66.7 Å². The average molecular weight is 415 g/mol. The molecular formula is C27H30N2O2. The van der Waals surface area contributed by atoms with E-state index in [1.54, 1.807) is 7.11 Å². The first kappa shape index (κ1) is 21.0. The van der Waals surface area contributed by atoms with Gasteiger partial charge in [-0.15, -0.1) is 0 Å². The van der Waals surface area contributed by atoms with Crippen LogP contribution >= 0.6 is 0 Å². The van der Waals surface area contributed by atoms with E-state index in [9.17, 15) is 4.79 Å². The number of likely N-dealkylation sites (tertiary alicyclic amines) is 1. The molecule has 4 rings (SSSR count). The molecule has 3 aromatic rings. The first-order valence-corrected chi connectivity index (χ1v) is 11.0. The number of nitrogens with one attached hydrogen (secondary N) is 1. The predicted octanol–water partition coefficient (Wildman–Crippen LogP) is 5.18. The molecule has 1 aliphatic heterocycles. The molecule has 1 aliphatic rings. The number of amides is 2. The van der Waals surface area contributed by atoms with Crippen molar-refractivity contribution in [2.24, 2.45) is 5.92 Å². The molecule has 0 bridgehead atoms. The fourth-order valence-electron chi connectivity index (χ4n) is 4.20. The molecule has 2 amide bonds. The van der Waals surface area contributed by atoms with E-state index in [0.717, 1.165) is 38.1 Å². The second-order valence-electron chi connectivity index (χ2n) is 8.20. The van der Waals surface area contributed by atoms with Crippen LogP contribution in [0.4, 0.5) is 4.79 Å². The summed E-state index contributed by atoms with van der Waals surface area (Å²) in [6, 6.07) is 27.3. The maximum Gasteiger partial charge on any atom is 0.317 e. The van der Waals surface area contributed by atoms with Crippen molar-refractivity contribution in [1.82, 2.24) is 10.2 Å². The van der Waals surface area contributed by atoms with Gasteiger partial charge in [-0.3, -0.25) is 0 Å². The minimum Gasteiger partial charge on any atom is -0.497 e.